The summed E-state index contributed by atoms with van der Waals surface area (Å²) in [6.45, 7) is 2.29. The smallest absolute Gasteiger partial charge is 0.265 e. The molecule has 1 amide bonds. The van der Waals surface area contributed by atoms with Gasteiger partial charge in [-0.1, -0.05) is 11.2 Å². The molecule has 0 heterocycles. The molecule has 0 bridgehead atoms. The van der Waals surface area contributed by atoms with Crippen LogP contribution < -0.4 is 14.8 Å². The number of oxime groups is 1. The van der Waals surface area contributed by atoms with Crippen LogP contribution in [0.5, 0.6) is 11.5 Å². The summed E-state index contributed by atoms with van der Waals surface area (Å²) in [7, 11) is 1.58. The van der Waals surface area contributed by atoms with Crippen LogP contribution in [0, 0.1) is 0 Å². The number of hydrogen-bond acceptors (Lipinski definition) is 6. The molecule has 0 spiro atoms. The second kappa shape index (κ2) is 10.4. The van der Waals surface area contributed by atoms with E-state index in [1.807, 2.05) is 43.5 Å². The van der Waals surface area contributed by atoms with Crippen molar-refractivity contribution in [2.24, 2.45) is 5.16 Å². The molecule has 6 nitrogen and oxygen atoms in total. The van der Waals surface area contributed by atoms with E-state index in [2.05, 4.69) is 10.5 Å². The van der Waals surface area contributed by atoms with Gasteiger partial charge in [-0.3, -0.25) is 4.79 Å². The van der Waals surface area contributed by atoms with Gasteiger partial charge in [-0.2, -0.15) is 0 Å². The van der Waals surface area contributed by atoms with Crippen molar-refractivity contribution in [3.05, 3.63) is 48.0 Å². The lowest BCUT2D eigenvalue weighted by atomic mass is 10.2. The molecule has 0 radical (unpaired) electrons. The molecule has 7 heteroatoms. The third-order valence-corrected chi connectivity index (χ3v) is 4.04. The Labute approximate surface area is 157 Å². The van der Waals surface area contributed by atoms with Gasteiger partial charge in [0.25, 0.3) is 5.91 Å². The van der Waals surface area contributed by atoms with Crippen molar-refractivity contribution in [3.8, 4) is 11.5 Å². The number of rotatable bonds is 9. The molecule has 0 aliphatic heterocycles. The highest BCUT2D eigenvalue weighted by Crippen LogP contribution is 2.27. The topological polar surface area (TPSA) is 69.2 Å². The molecule has 0 aliphatic carbocycles. The van der Waals surface area contributed by atoms with E-state index in [0.717, 1.165) is 16.1 Å². The van der Waals surface area contributed by atoms with Crippen molar-refractivity contribution in [1.29, 1.82) is 0 Å². The molecule has 0 atom stereocenters. The lowest BCUT2D eigenvalue weighted by Crippen LogP contribution is -2.16. The molecule has 0 saturated carbocycles. The Hall–Kier alpha value is -2.67. The summed E-state index contributed by atoms with van der Waals surface area (Å²) in [4.78, 5) is 18.0. The van der Waals surface area contributed by atoms with Gasteiger partial charge in [-0.05, 0) is 49.6 Å². The first-order valence-corrected chi connectivity index (χ1v) is 9.28. The Bertz CT molecular complexity index is 765. The van der Waals surface area contributed by atoms with Crippen LogP contribution in [0.1, 0.15) is 12.5 Å². The molecule has 0 saturated heterocycles. The molecular weight excluding hydrogens is 352 g/mol. The highest BCUT2D eigenvalue weighted by Gasteiger charge is 2.05. The van der Waals surface area contributed by atoms with E-state index in [9.17, 15) is 4.79 Å². The molecule has 1 N–H and O–H groups in total. The monoisotopic (exact) mass is 374 g/mol. The van der Waals surface area contributed by atoms with Crippen molar-refractivity contribution < 1.29 is 19.1 Å². The summed E-state index contributed by atoms with van der Waals surface area (Å²) in [6, 6.07) is 13.0. The predicted octanol–water partition coefficient (Wildman–Crippen LogP) is 3.81. The van der Waals surface area contributed by atoms with E-state index in [0.29, 0.717) is 18.1 Å². The molecule has 0 aliphatic rings. The number of nitrogens with zero attached hydrogens (tertiary/aromatic N) is 1. The highest BCUT2D eigenvalue weighted by molar-refractivity contribution is 7.98. The third kappa shape index (κ3) is 6.00. The number of thioether (sulfide) groups is 1. The standard InChI is InChI=1S/C19H22N2O4S/c1-4-24-17-9-8-14(10-18(17)23-2)12-20-25-13-19(22)21-15-6-5-7-16(11-15)26-3/h5-12H,4,13H2,1-3H3,(H,21,22)/b20-12-. The van der Waals surface area contributed by atoms with Crippen molar-refractivity contribution in [2.75, 3.05) is 31.9 Å². The van der Waals surface area contributed by atoms with Crippen LogP contribution in [0.4, 0.5) is 5.69 Å². The number of ether oxygens (including phenoxy) is 2. The third-order valence-electron chi connectivity index (χ3n) is 3.31. The predicted molar refractivity (Wildman–Crippen MR) is 105 cm³/mol. The SMILES string of the molecule is CCOc1ccc(/C=N\OCC(=O)Nc2cccc(SC)c2)cc1OC. The Balaban J connectivity index is 1.85. The number of benzene rings is 2. The Morgan fingerprint density at radius 3 is 2.81 bits per heavy atom. The van der Waals surface area contributed by atoms with Gasteiger partial charge in [0, 0.05) is 16.1 Å². The van der Waals surface area contributed by atoms with E-state index in [-0.39, 0.29) is 12.5 Å². The van der Waals surface area contributed by atoms with Gasteiger partial charge in [0.15, 0.2) is 18.1 Å². The number of carbonyl (C=O) groups excluding carboxylic acids is 1. The summed E-state index contributed by atoms with van der Waals surface area (Å²) >= 11 is 1.61. The van der Waals surface area contributed by atoms with Crippen LogP contribution in [0.15, 0.2) is 52.5 Å². The fourth-order valence-electron chi connectivity index (χ4n) is 2.13. The molecule has 0 aromatic heterocycles. The highest BCUT2D eigenvalue weighted by atomic mass is 32.2. The number of methoxy groups -OCH3 is 1. The Morgan fingerprint density at radius 2 is 2.08 bits per heavy atom. The number of amides is 1. The lowest BCUT2D eigenvalue weighted by Gasteiger charge is -2.09. The quantitative estimate of drug-likeness (QED) is 0.411. The summed E-state index contributed by atoms with van der Waals surface area (Å²) in [6.07, 6.45) is 3.49. The maximum Gasteiger partial charge on any atom is 0.265 e. The maximum atomic E-state index is 11.9. The van der Waals surface area contributed by atoms with Gasteiger partial charge in [-0.15, -0.1) is 11.8 Å². The lowest BCUT2D eigenvalue weighted by molar-refractivity contribution is -0.120. The zero-order valence-corrected chi connectivity index (χ0v) is 15.8. The van der Waals surface area contributed by atoms with Gasteiger partial charge >= 0.3 is 0 Å². The van der Waals surface area contributed by atoms with Gasteiger partial charge in [0.05, 0.1) is 19.9 Å². The van der Waals surface area contributed by atoms with Gasteiger partial charge in [-0.25, -0.2) is 0 Å². The largest absolute Gasteiger partial charge is 0.493 e. The minimum atomic E-state index is -0.273. The number of hydrogen-bond donors (Lipinski definition) is 1. The second-order valence-electron chi connectivity index (χ2n) is 5.13. The van der Waals surface area contributed by atoms with Crippen molar-refractivity contribution in [2.45, 2.75) is 11.8 Å². The Kier molecular flexibility index (Phi) is 7.82. The van der Waals surface area contributed by atoms with Crippen molar-refractivity contribution in [3.63, 3.8) is 0 Å². The molecule has 2 aromatic rings. The van der Waals surface area contributed by atoms with E-state index in [1.54, 1.807) is 31.0 Å². The molecule has 2 rings (SSSR count). The normalized spacial score (nSPS) is 10.6. The minimum absolute atomic E-state index is 0.172. The summed E-state index contributed by atoms with van der Waals surface area (Å²) < 4.78 is 10.7. The molecule has 2 aromatic carbocycles. The number of anilines is 1. The van der Waals surface area contributed by atoms with E-state index >= 15 is 0 Å². The maximum absolute atomic E-state index is 11.9. The minimum Gasteiger partial charge on any atom is -0.493 e. The summed E-state index contributed by atoms with van der Waals surface area (Å²) in [5.41, 5.74) is 1.50. The van der Waals surface area contributed by atoms with Crippen LogP contribution in [-0.4, -0.2) is 38.7 Å². The first kappa shape index (κ1) is 19.7. The zero-order valence-electron chi connectivity index (χ0n) is 15.0. The van der Waals surface area contributed by atoms with Gasteiger partial charge in [0.2, 0.25) is 0 Å². The summed E-state index contributed by atoms with van der Waals surface area (Å²) in [5, 5.41) is 6.59. The average Bonchev–Trinajstić information content (AvgIpc) is 2.66. The molecular formula is C19H22N2O4S. The van der Waals surface area contributed by atoms with Crippen LogP contribution in [0.25, 0.3) is 0 Å². The molecule has 138 valence electrons. The van der Waals surface area contributed by atoms with Gasteiger partial charge < -0.3 is 19.6 Å². The first-order chi connectivity index (χ1) is 12.7. The number of carbonyl (C=O) groups is 1. The van der Waals surface area contributed by atoms with Crippen LogP contribution in [0.3, 0.4) is 0 Å². The summed E-state index contributed by atoms with van der Waals surface area (Å²) in [5.74, 6) is 1.01. The van der Waals surface area contributed by atoms with Crippen LogP contribution in [0.2, 0.25) is 0 Å². The average molecular weight is 374 g/mol. The van der Waals surface area contributed by atoms with E-state index in [4.69, 9.17) is 14.3 Å². The van der Waals surface area contributed by atoms with Crippen LogP contribution in [-0.2, 0) is 9.63 Å². The molecule has 0 fully saturated rings. The fourth-order valence-corrected chi connectivity index (χ4v) is 2.59. The van der Waals surface area contributed by atoms with Crippen LogP contribution >= 0.6 is 11.8 Å². The van der Waals surface area contributed by atoms with Gasteiger partial charge in [0.1, 0.15) is 0 Å². The molecule has 0 unspecified atom stereocenters. The van der Waals surface area contributed by atoms with Crippen molar-refractivity contribution in [1.82, 2.24) is 0 Å². The fraction of sp³-hybridized carbons (Fsp3) is 0.263. The van der Waals surface area contributed by atoms with Crippen molar-refractivity contribution >= 4 is 29.6 Å². The second-order valence-corrected chi connectivity index (χ2v) is 6.01. The Morgan fingerprint density at radius 1 is 1.23 bits per heavy atom. The zero-order chi connectivity index (χ0) is 18.8. The number of nitrogens with one attached hydrogen (secondary N) is 1. The van der Waals surface area contributed by atoms with E-state index in [1.165, 1.54) is 6.21 Å². The molecule has 26 heavy (non-hydrogen) atoms. The van der Waals surface area contributed by atoms with E-state index < -0.39 is 0 Å². The first-order valence-electron chi connectivity index (χ1n) is 8.06.